The number of benzene rings is 2. The fraction of sp³-hybridized carbons (Fsp3) is 0. The SMILES string of the molecule is Clc1ccc(C#Cc2ccc(C#Cc3ccc(Cl)cc3)s2)cc1. The molecule has 3 heteroatoms. The Morgan fingerprint density at radius 1 is 0.522 bits per heavy atom. The summed E-state index contributed by atoms with van der Waals surface area (Å²) in [6.07, 6.45) is 0. The minimum Gasteiger partial charge on any atom is -0.118 e. The van der Waals surface area contributed by atoms with Crippen molar-refractivity contribution in [1.82, 2.24) is 0 Å². The van der Waals surface area contributed by atoms with Crippen LogP contribution in [0.15, 0.2) is 60.7 Å². The van der Waals surface area contributed by atoms with E-state index in [4.69, 9.17) is 23.2 Å². The average Bonchev–Trinajstić information content (AvgIpc) is 3.02. The van der Waals surface area contributed by atoms with Crippen LogP contribution in [0.2, 0.25) is 10.0 Å². The third kappa shape index (κ3) is 4.65. The zero-order chi connectivity index (χ0) is 16.1. The lowest BCUT2D eigenvalue weighted by Gasteiger charge is -1.89. The van der Waals surface area contributed by atoms with Crippen LogP contribution in [-0.4, -0.2) is 0 Å². The molecule has 0 saturated heterocycles. The highest BCUT2D eigenvalue weighted by Gasteiger charge is 1.95. The summed E-state index contributed by atoms with van der Waals surface area (Å²) in [7, 11) is 0. The van der Waals surface area contributed by atoms with E-state index in [2.05, 4.69) is 23.7 Å². The van der Waals surface area contributed by atoms with Gasteiger partial charge in [0.05, 0.1) is 9.75 Å². The highest BCUT2D eigenvalue weighted by Crippen LogP contribution is 2.15. The maximum absolute atomic E-state index is 5.86. The van der Waals surface area contributed by atoms with Crippen LogP contribution in [0.5, 0.6) is 0 Å². The molecule has 1 heterocycles. The molecular formula is C20H10Cl2S. The van der Waals surface area contributed by atoms with Gasteiger partial charge in [-0.05, 0) is 60.7 Å². The molecule has 2 aromatic carbocycles. The first-order valence-corrected chi connectivity index (χ1v) is 8.41. The second-order valence-electron chi connectivity index (χ2n) is 4.68. The summed E-state index contributed by atoms with van der Waals surface area (Å²) in [5, 5.41) is 1.43. The lowest BCUT2D eigenvalue weighted by molar-refractivity contribution is 1.64. The van der Waals surface area contributed by atoms with Gasteiger partial charge in [0.25, 0.3) is 0 Å². The molecule has 0 fully saturated rings. The van der Waals surface area contributed by atoms with Gasteiger partial charge >= 0.3 is 0 Å². The standard InChI is InChI=1S/C20H10Cl2S/c21-17-7-1-15(2-8-17)5-11-19-13-14-20(23-19)12-6-16-3-9-18(22)10-4-16/h1-4,7-10,13-14H. The quantitative estimate of drug-likeness (QED) is 0.445. The lowest BCUT2D eigenvalue weighted by atomic mass is 10.2. The van der Waals surface area contributed by atoms with E-state index >= 15 is 0 Å². The molecule has 0 aliphatic rings. The van der Waals surface area contributed by atoms with Crippen LogP contribution in [-0.2, 0) is 0 Å². The van der Waals surface area contributed by atoms with Crippen molar-refractivity contribution in [2.45, 2.75) is 0 Å². The average molecular weight is 353 g/mol. The van der Waals surface area contributed by atoms with Gasteiger partial charge in [0.2, 0.25) is 0 Å². The predicted molar refractivity (Wildman–Crippen MR) is 99.2 cm³/mol. The molecule has 0 atom stereocenters. The van der Waals surface area contributed by atoms with Crippen molar-refractivity contribution in [3.05, 3.63) is 91.6 Å². The first-order chi connectivity index (χ1) is 11.2. The summed E-state index contributed by atoms with van der Waals surface area (Å²) in [6.45, 7) is 0. The van der Waals surface area contributed by atoms with Crippen LogP contribution in [0.1, 0.15) is 20.9 Å². The third-order valence-electron chi connectivity index (χ3n) is 2.95. The van der Waals surface area contributed by atoms with E-state index in [0.29, 0.717) is 10.0 Å². The summed E-state index contributed by atoms with van der Waals surface area (Å²) in [6, 6.07) is 18.9. The number of rotatable bonds is 0. The van der Waals surface area contributed by atoms with Gasteiger partial charge < -0.3 is 0 Å². The second-order valence-corrected chi connectivity index (χ2v) is 6.63. The normalized spacial score (nSPS) is 9.48. The molecule has 3 rings (SSSR count). The van der Waals surface area contributed by atoms with Crippen molar-refractivity contribution >= 4 is 34.5 Å². The summed E-state index contributed by atoms with van der Waals surface area (Å²) < 4.78 is 0. The molecule has 0 aliphatic carbocycles. The lowest BCUT2D eigenvalue weighted by Crippen LogP contribution is -1.72. The van der Waals surface area contributed by atoms with Crippen LogP contribution in [0, 0.1) is 23.7 Å². The van der Waals surface area contributed by atoms with Gasteiger partial charge in [0, 0.05) is 21.2 Å². The van der Waals surface area contributed by atoms with Crippen LogP contribution in [0.4, 0.5) is 0 Å². The van der Waals surface area contributed by atoms with Gasteiger partial charge in [-0.15, -0.1) is 11.3 Å². The van der Waals surface area contributed by atoms with Crippen molar-refractivity contribution in [1.29, 1.82) is 0 Å². The minimum absolute atomic E-state index is 0.714. The Balaban J connectivity index is 1.74. The molecule has 23 heavy (non-hydrogen) atoms. The zero-order valence-electron chi connectivity index (χ0n) is 11.9. The highest BCUT2D eigenvalue weighted by atomic mass is 35.5. The number of halogens is 2. The van der Waals surface area contributed by atoms with E-state index in [1.54, 1.807) is 11.3 Å². The minimum atomic E-state index is 0.714. The van der Waals surface area contributed by atoms with Gasteiger partial charge in [-0.1, -0.05) is 46.9 Å². The van der Waals surface area contributed by atoms with E-state index in [1.165, 1.54) is 0 Å². The molecule has 3 aromatic rings. The van der Waals surface area contributed by atoms with E-state index in [9.17, 15) is 0 Å². The van der Waals surface area contributed by atoms with E-state index in [-0.39, 0.29) is 0 Å². The van der Waals surface area contributed by atoms with Crippen LogP contribution in [0.25, 0.3) is 0 Å². The largest absolute Gasteiger partial charge is 0.118 e. The number of hydrogen-bond acceptors (Lipinski definition) is 1. The molecule has 110 valence electrons. The highest BCUT2D eigenvalue weighted by molar-refractivity contribution is 7.13. The van der Waals surface area contributed by atoms with E-state index < -0.39 is 0 Å². The molecular weight excluding hydrogens is 343 g/mol. The van der Waals surface area contributed by atoms with Crippen LogP contribution >= 0.6 is 34.5 Å². The Morgan fingerprint density at radius 3 is 1.30 bits per heavy atom. The molecule has 0 unspecified atom stereocenters. The topological polar surface area (TPSA) is 0 Å². The maximum Gasteiger partial charge on any atom is 0.0785 e. The summed E-state index contributed by atoms with van der Waals surface area (Å²) >= 11 is 13.3. The molecule has 0 saturated carbocycles. The Morgan fingerprint density at radius 2 is 0.913 bits per heavy atom. The van der Waals surface area contributed by atoms with Crippen molar-refractivity contribution in [3.8, 4) is 23.7 Å². The van der Waals surface area contributed by atoms with Gasteiger partial charge in [-0.25, -0.2) is 0 Å². The van der Waals surface area contributed by atoms with Gasteiger partial charge in [-0.2, -0.15) is 0 Å². The first kappa shape index (κ1) is 15.7. The fourth-order valence-electron chi connectivity index (χ4n) is 1.81. The summed E-state index contributed by atoms with van der Waals surface area (Å²) in [4.78, 5) is 1.97. The van der Waals surface area contributed by atoms with Crippen molar-refractivity contribution in [3.63, 3.8) is 0 Å². The summed E-state index contributed by atoms with van der Waals surface area (Å²) in [5.74, 6) is 12.5. The molecule has 0 spiro atoms. The Kier molecular flexibility index (Phi) is 5.06. The Hall–Kier alpha value is -2.16. The van der Waals surface area contributed by atoms with Gasteiger partial charge in [0.1, 0.15) is 0 Å². The van der Waals surface area contributed by atoms with Crippen LogP contribution in [0.3, 0.4) is 0 Å². The molecule has 0 nitrogen and oxygen atoms in total. The molecule has 0 bridgehead atoms. The molecule has 0 aliphatic heterocycles. The monoisotopic (exact) mass is 352 g/mol. The smallest absolute Gasteiger partial charge is 0.0785 e. The maximum atomic E-state index is 5.86. The van der Waals surface area contributed by atoms with E-state index in [0.717, 1.165) is 20.9 Å². The first-order valence-electron chi connectivity index (χ1n) is 6.84. The molecule has 0 radical (unpaired) electrons. The number of thiophene rings is 1. The van der Waals surface area contributed by atoms with Crippen LogP contribution < -0.4 is 0 Å². The van der Waals surface area contributed by atoms with Crippen molar-refractivity contribution < 1.29 is 0 Å². The third-order valence-corrected chi connectivity index (χ3v) is 4.37. The Labute approximate surface area is 149 Å². The predicted octanol–water partition coefficient (Wildman–Crippen LogP) is 5.85. The fourth-order valence-corrected chi connectivity index (χ4v) is 2.77. The number of hydrogen-bond donors (Lipinski definition) is 0. The summed E-state index contributed by atoms with van der Waals surface area (Å²) in [5.41, 5.74) is 1.88. The molecule has 1 aromatic heterocycles. The van der Waals surface area contributed by atoms with E-state index in [1.807, 2.05) is 60.7 Å². The van der Waals surface area contributed by atoms with Gasteiger partial charge in [0.15, 0.2) is 0 Å². The van der Waals surface area contributed by atoms with Crippen molar-refractivity contribution in [2.24, 2.45) is 0 Å². The molecule has 0 amide bonds. The van der Waals surface area contributed by atoms with Gasteiger partial charge in [-0.3, -0.25) is 0 Å². The second kappa shape index (κ2) is 7.40. The van der Waals surface area contributed by atoms with Crippen molar-refractivity contribution in [2.75, 3.05) is 0 Å². The zero-order valence-corrected chi connectivity index (χ0v) is 14.3. The Bertz CT molecular complexity index is 850. The molecule has 0 N–H and O–H groups in total.